The van der Waals surface area contributed by atoms with Crippen LogP contribution in [0.4, 0.5) is 28.4 Å². The minimum absolute atomic E-state index is 0.325. The summed E-state index contributed by atoms with van der Waals surface area (Å²) < 4.78 is 4.50. The predicted molar refractivity (Wildman–Crippen MR) is 473 cm³/mol. The molecule has 15 aromatic carbocycles. The number of nitrogens with zero attached hydrogens (tertiary/aromatic N) is 16. The fourth-order valence-electron chi connectivity index (χ4n) is 15.8. The molecule has 120 heavy (non-hydrogen) atoms. The number of rotatable bonds is 14. The van der Waals surface area contributed by atoms with E-state index in [0.29, 0.717) is 113 Å². The van der Waals surface area contributed by atoms with Gasteiger partial charge in [0.25, 0.3) is 0 Å². The van der Waals surface area contributed by atoms with E-state index in [4.69, 9.17) is 62.8 Å². The summed E-state index contributed by atoms with van der Waals surface area (Å²) in [7, 11) is 0. The zero-order chi connectivity index (χ0) is 81.5. The van der Waals surface area contributed by atoms with E-state index in [2.05, 4.69) is 149 Å². The lowest BCUT2D eigenvalue weighted by atomic mass is 9.94. The van der Waals surface area contributed by atoms with E-state index < -0.39 is 0 Å². The quantitative estimate of drug-likeness (QED) is 0.0957. The molecule has 0 saturated carbocycles. The minimum atomic E-state index is 0.325. The fourth-order valence-corrected chi connectivity index (χ4v) is 15.8. The molecule has 0 aliphatic rings. The van der Waals surface area contributed by atoms with E-state index in [1.807, 2.05) is 158 Å². The van der Waals surface area contributed by atoms with Gasteiger partial charge in [-0.3, -0.25) is 0 Å². The molecule has 0 unspecified atom stereocenters. The maximum absolute atomic E-state index is 10.3. The lowest BCUT2D eigenvalue weighted by Crippen LogP contribution is -2.02. The molecule has 0 atom stereocenters. The topological polar surface area (TPSA) is 180 Å². The number of hydrogen-bond donors (Lipinski definition) is 0. The van der Waals surface area contributed by atoms with Gasteiger partial charge < -0.3 is 9.13 Å². The fraction of sp³-hybridized carbons (Fsp3) is 0. The van der Waals surface area contributed by atoms with E-state index in [1.165, 1.54) is 0 Å². The van der Waals surface area contributed by atoms with Gasteiger partial charge >= 0.3 is 0 Å². The third-order valence-electron chi connectivity index (χ3n) is 21.4. The van der Waals surface area contributed by atoms with Crippen molar-refractivity contribution in [3.8, 4) is 165 Å². The van der Waals surface area contributed by atoms with Gasteiger partial charge in [-0.25, -0.2) is 54.1 Å². The highest BCUT2D eigenvalue weighted by Gasteiger charge is 2.26. The van der Waals surface area contributed by atoms with Crippen molar-refractivity contribution in [3.63, 3.8) is 0 Å². The molecule has 0 N–H and O–H groups in total. The second-order valence-corrected chi connectivity index (χ2v) is 28.7. The molecule has 4 aromatic heterocycles. The summed E-state index contributed by atoms with van der Waals surface area (Å²) in [5.74, 6) is 2.77. The van der Waals surface area contributed by atoms with Crippen LogP contribution in [0.25, 0.3) is 214 Å². The molecule has 16 nitrogen and oxygen atoms in total. The van der Waals surface area contributed by atoms with Crippen LogP contribution in [-0.2, 0) is 0 Å². The SMILES string of the molecule is [C-]#[N+]c1cc(C#N)cc(-c2ccc3c(c2)c2cc(-c4cc(C#N)cc([N+]#[C-])c4)ccc2n3-c2ccc(-c3nc(-c4ccccc4)nc(-c4ccccc4)n3)cc2-c2cccc(-c3cc(-c4nc(-c5ccccc5)nc(-c5ccccc5)n4)ccc3-n3c4ccc(-c5cc(C#N)cc([N+]#[C-])c5)cc4c4cc(-c5cc([N+]#[C-])cc([N+]#[C-])c5)ccc43)c2)c1. The number of benzene rings is 15. The van der Waals surface area contributed by atoms with Crippen molar-refractivity contribution in [3.05, 3.63) is 401 Å². The number of aromatic nitrogens is 8. The molecule has 0 amide bonds. The van der Waals surface area contributed by atoms with Crippen molar-refractivity contribution in [2.45, 2.75) is 0 Å². The minimum Gasteiger partial charge on any atom is -0.309 e. The van der Waals surface area contributed by atoms with Crippen molar-refractivity contribution in [2.24, 2.45) is 0 Å². The second kappa shape index (κ2) is 30.4. The van der Waals surface area contributed by atoms with Gasteiger partial charge in [0, 0.05) is 82.7 Å². The Hall–Kier alpha value is -18.2. The van der Waals surface area contributed by atoms with Crippen molar-refractivity contribution >= 4 is 72.0 Å². The summed E-state index contributed by atoms with van der Waals surface area (Å²) in [6, 6.07) is 113. The molecular formula is C104H54N16. The van der Waals surface area contributed by atoms with Crippen LogP contribution in [-0.4, -0.2) is 39.0 Å². The van der Waals surface area contributed by atoms with Crippen LogP contribution < -0.4 is 0 Å². The number of hydrogen-bond acceptors (Lipinski definition) is 9. The van der Waals surface area contributed by atoms with Crippen molar-refractivity contribution in [1.82, 2.24) is 39.0 Å². The Kier molecular flexibility index (Phi) is 18.3. The van der Waals surface area contributed by atoms with Crippen LogP contribution in [0.3, 0.4) is 0 Å². The Morgan fingerprint density at radius 3 is 0.733 bits per heavy atom. The smallest absolute Gasteiger partial charge is 0.189 e. The highest BCUT2D eigenvalue weighted by atomic mass is 15.1. The van der Waals surface area contributed by atoms with Gasteiger partial charge in [0.1, 0.15) is 0 Å². The molecule has 0 aliphatic carbocycles. The number of fused-ring (bicyclic) bond motifs is 6. The standard InChI is InChI=1S/C104H54N16/c1-108-82-44-63(60-105)41-78(48-82)70-29-35-95-89(53-70)90-54-71(79-42-64(61-106)45-83(49-79)109-2)30-36-96(90)119(95)93-39-33-76(103-115-99(66-19-10-6-11-20-66)113-100(116-103)67-21-12-7-13-22-67)57-87(93)74-27-18-28-75(47-74)88-58-77(104-117-101(68-23-14-8-15-24-68)114-102(118-104)69-25-16-9-17-26-69)34-40-94(88)120-97-37-31-72(80-43-65(62-107)46-84(50-80)110-3)55-91(97)92-56-73(32-38-98(92)120)81-51-85(111-4)59-86(52-81)112-5/h6-59H. The van der Waals surface area contributed by atoms with Crippen LogP contribution in [0, 0.1) is 66.9 Å². The van der Waals surface area contributed by atoms with Gasteiger partial charge in [-0.15, -0.1) is 0 Å². The average molecular weight is 1530 g/mol. The van der Waals surface area contributed by atoms with E-state index in [9.17, 15) is 15.8 Å². The summed E-state index contributed by atoms with van der Waals surface area (Å²) in [5, 5.41) is 34.2. The molecule has 0 fully saturated rings. The predicted octanol–water partition coefficient (Wildman–Crippen LogP) is 26.6. The monoisotopic (exact) mass is 1530 g/mol. The molecule has 16 heteroatoms. The lowest BCUT2D eigenvalue weighted by Gasteiger charge is -2.19. The summed E-state index contributed by atoms with van der Waals surface area (Å²) in [6.07, 6.45) is 0. The molecule has 0 aliphatic heterocycles. The molecule has 550 valence electrons. The molecule has 0 saturated heterocycles. The Morgan fingerprint density at radius 1 is 0.208 bits per heavy atom. The highest BCUT2D eigenvalue weighted by Crippen LogP contribution is 2.47. The van der Waals surface area contributed by atoms with Gasteiger partial charge in [-0.1, -0.05) is 182 Å². The maximum atomic E-state index is 10.3. The number of nitriles is 3. The Morgan fingerprint density at radius 2 is 0.458 bits per heavy atom. The summed E-state index contributed by atoms with van der Waals surface area (Å²) >= 11 is 0. The van der Waals surface area contributed by atoms with E-state index in [1.54, 1.807) is 72.8 Å². The molecule has 4 heterocycles. The molecule has 0 radical (unpaired) electrons. The van der Waals surface area contributed by atoms with Crippen molar-refractivity contribution in [2.75, 3.05) is 0 Å². The van der Waals surface area contributed by atoms with E-state index in [0.717, 1.165) is 122 Å². The van der Waals surface area contributed by atoms with Gasteiger partial charge in [0.15, 0.2) is 63.4 Å². The van der Waals surface area contributed by atoms with E-state index in [-0.39, 0.29) is 0 Å². The zero-order valence-corrected chi connectivity index (χ0v) is 63.3. The largest absolute Gasteiger partial charge is 0.309 e. The first-order valence-corrected chi connectivity index (χ1v) is 38.0. The summed E-state index contributed by atoms with van der Waals surface area (Å²) in [4.78, 5) is 50.2. The normalized spacial score (nSPS) is 10.9. The molecule has 0 bridgehead atoms. The average Bonchev–Trinajstić information content (AvgIpc) is 1.57. The van der Waals surface area contributed by atoms with Crippen molar-refractivity contribution in [1.29, 1.82) is 15.8 Å². The molecular weight excluding hydrogens is 1470 g/mol. The van der Waals surface area contributed by atoms with Gasteiger partial charge in [0.05, 0.1) is 84.5 Å². The van der Waals surface area contributed by atoms with Crippen LogP contribution in [0.1, 0.15) is 16.7 Å². The maximum Gasteiger partial charge on any atom is 0.189 e. The third-order valence-corrected chi connectivity index (χ3v) is 21.4. The van der Waals surface area contributed by atoms with Crippen LogP contribution in [0.15, 0.2) is 328 Å². The second-order valence-electron chi connectivity index (χ2n) is 28.7. The Labute approximate surface area is 688 Å². The highest BCUT2D eigenvalue weighted by molar-refractivity contribution is 6.14. The third kappa shape index (κ3) is 13.4. The first-order chi connectivity index (χ1) is 59.0. The summed E-state index contributed by atoms with van der Waals surface area (Å²) in [5.41, 5.74) is 21.0. The van der Waals surface area contributed by atoms with Crippen LogP contribution in [0.2, 0.25) is 0 Å². The molecule has 19 rings (SSSR count). The summed E-state index contributed by atoms with van der Waals surface area (Å²) in [6.45, 7) is 40.2. The van der Waals surface area contributed by atoms with Gasteiger partial charge in [0.2, 0.25) is 0 Å². The zero-order valence-electron chi connectivity index (χ0n) is 63.3. The van der Waals surface area contributed by atoms with Gasteiger partial charge in [-0.2, -0.15) is 15.8 Å². The first kappa shape index (κ1) is 72.1. The van der Waals surface area contributed by atoms with Crippen LogP contribution >= 0.6 is 0 Å². The Balaban J connectivity index is 0.892. The molecule has 0 spiro atoms. The molecule has 19 aromatic rings. The Bertz CT molecular complexity index is 6910. The van der Waals surface area contributed by atoms with E-state index >= 15 is 0 Å². The lowest BCUT2D eigenvalue weighted by molar-refractivity contribution is 1.07. The van der Waals surface area contributed by atoms with Crippen LogP contribution in [0.5, 0.6) is 0 Å². The van der Waals surface area contributed by atoms with Crippen molar-refractivity contribution < 1.29 is 0 Å². The first-order valence-electron chi connectivity index (χ1n) is 38.0. The van der Waals surface area contributed by atoms with Gasteiger partial charge in [-0.05, 0) is 201 Å².